The van der Waals surface area contributed by atoms with E-state index in [2.05, 4.69) is 5.32 Å². The molecule has 5 heteroatoms. The van der Waals surface area contributed by atoms with E-state index >= 15 is 0 Å². The van der Waals surface area contributed by atoms with E-state index in [1.54, 1.807) is 17.6 Å². The van der Waals surface area contributed by atoms with Gasteiger partial charge >= 0.3 is 0 Å². The van der Waals surface area contributed by atoms with E-state index in [0.29, 0.717) is 0 Å². The molecule has 0 aliphatic heterocycles. The highest BCUT2D eigenvalue weighted by atomic mass is 32.1. The minimum Gasteiger partial charge on any atom is -0.467 e. The number of furan rings is 1. The Labute approximate surface area is 133 Å². The lowest BCUT2D eigenvalue weighted by molar-refractivity contribution is 0.0935. The average molecular weight is 314 g/mol. The molecule has 22 heavy (non-hydrogen) atoms. The molecule has 0 aliphatic carbocycles. The fourth-order valence-electron chi connectivity index (χ4n) is 2.41. The van der Waals surface area contributed by atoms with Gasteiger partial charge in [-0.2, -0.15) is 0 Å². The number of aromatic nitrogens is 1. The van der Waals surface area contributed by atoms with E-state index in [-0.39, 0.29) is 11.9 Å². The molecule has 114 valence electrons. The SMILES string of the molecule is Cc1sc(-n2cccc2)c(C(=O)N[C@@H](C)c2ccco2)c1C. The van der Waals surface area contributed by atoms with Crippen LogP contribution < -0.4 is 5.32 Å². The van der Waals surface area contributed by atoms with Crippen LogP contribution in [0.15, 0.2) is 47.3 Å². The second-order valence-electron chi connectivity index (χ2n) is 5.26. The van der Waals surface area contributed by atoms with Gasteiger partial charge in [-0.25, -0.2) is 0 Å². The predicted octanol–water partition coefficient (Wildman–Crippen LogP) is 4.24. The number of hydrogen-bond donors (Lipinski definition) is 1. The van der Waals surface area contributed by atoms with E-state index in [1.165, 1.54) is 0 Å². The molecule has 4 nitrogen and oxygen atoms in total. The van der Waals surface area contributed by atoms with Crippen molar-refractivity contribution < 1.29 is 9.21 Å². The summed E-state index contributed by atoms with van der Waals surface area (Å²) in [6.07, 6.45) is 5.53. The molecule has 0 unspecified atom stereocenters. The van der Waals surface area contributed by atoms with Crippen molar-refractivity contribution in [3.63, 3.8) is 0 Å². The van der Waals surface area contributed by atoms with Gasteiger partial charge in [-0.05, 0) is 50.6 Å². The van der Waals surface area contributed by atoms with Crippen LogP contribution in [0.3, 0.4) is 0 Å². The van der Waals surface area contributed by atoms with Crippen molar-refractivity contribution >= 4 is 17.2 Å². The number of hydrogen-bond acceptors (Lipinski definition) is 3. The minimum atomic E-state index is -0.167. The first kappa shape index (κ1) is 14.7. The molecular formula is C17H18N2O2S. The molecule has 0 fully saturated rings. The molecule has 0 bridgehead atoms. The van der Waals surface area contributed by atoms with Crippen molar-refractivity contribution in [2.24, 2.45) is 0 Å². The normalized spacial score (nSPS) is 12.3. The Hall–Kier alpha value is -2.27. The topological polar surface area (TPSA) is 47.2 Å². The highest BCUT2D eigenvalue weighted by molar-refractivity contribution is 7.15. The molecule has 3 aromatic heterocycles. The molecule has 0 aromatic carbocycles. The second kappa shape index (κ2) is 5.85. The Morgan fingerprint density at radius 3 is 2.64 bits per heavy atom. The van der Waals surface area contributed by atoms with Gasteiger partial charge in [0.1, 0.15) is 10.8 Å². The molecule has 1 amide bonds. The highest BCUT2D eigenvalue weighted by Gasteiger charge is 2.22. The minimum absolute atomic E-state index is 0.0746. The van der Waals surface area contributed by atoms with Crippen LogP contribution in [0.1, 0.15) is 39.5 Å². The first-order valence-electron chi connectivity index (χ1n) is 7.15. The smallest absolute Gasteiger partial charge is 0.255 e. The summed E-state index contributed by atoms with van der Waals surface area (Å²) in [5.74, 6) is 0.676. The van der Waals surface area contributed by atoms with Crippen molar-refractivity contribution in [3.05, 3.63) is 64.7 Å². The lowest BCUT2D eigenvalue weighted by atomic mass is 10.1. The van der Waals surface area contributed by atoms with Crippen LogP contribution in [0.5, 0.6) is 0 Å². The van der Waals surface area contributed by atoms with Gasteiger partial charge in [-0.15, -0.1) is 11.3 Å². The van der Waals surface area contributed by atoms with E-state index in [1.807, 2.05) is 62.0 Å². The summed E-state index contributed by atoms with van der Waals surface area (Å²) in [6, 6.07) is 7.43. The fourth-order valence-corrected chi connectivity index (χ4v) is 3.53. The Morgan fingerprint density at radius 2 is 2.00 bits per heavy atom. The molecular weight excluding hydrogens is 296 g/mol. The van der Waals surface area contributed by atoms with E-state index in [4.69, 9.17) is 4.42 Å². The number of rotatable bonds is 4. The second-order valence-corrected chi connectivity index (χ2v) is 6.47. The molecule has 0 saturated carbocycles. The summed E-state index contributed by atoms with van der Waals surface area (Å²) < 4.78 is 7.34. The van der Waals surface area contributed by atoms with Crippen LogP contribution in [0.25, 0.3) is 5.00 Å². The number of amides is 1. The summed E-state index contributed by atoms with van der Waals surface area (Å²) >= 11 is 1.63. The highest BCUT2D eigenvalue weighted by Crippen LogP contribution is 2.31. The average Bonchev–Trinajstić information content (AvgIpc) is 3.21. The predicted molar refractivity (Wildman–Crippen MR) is 87.7 cm³/mol. The molecule has 1 N–H and O–H groups in total. The number of nitrogens with one attached hydrogen (secondary N) is 1. The van der Waals surface area contributed by atoms with Gasteiger partial charge < -0.3 is 14.3 Å². The van der Waals surface area contributed by atoms with Gasteiger partial charge in [0.05, 0.1) is 17.9 Å². The van der Waals surface area contributed by atoms with Crippen LogP contribution in [-0.4, -0.2) is 10.5 Å². The maximum Gasteiger partial charge on any atom is 0.255 e. The number of carbonyl (C=O) groups excluding carboxylic acids is 1. The number of carbonyl (C=O) groups is 1. The monoisotopic (exact) mass is 314 g/mol. The third-order valence-electron chi connectivity index (χ3n) is 3.75. The zero-order valence-corrected chi connectivity index (χ0v) is 13.6. The summed E-state index contributed by atoms with van der Waals surface area (Å²) in [7, 11) is 0. The van der Waals surface area contributed by atoms with Crippen LogP contribution in [0.2, 0.25) is 0 Å². The fraction of sp³-hybridized carbons (Fsp3) is 0.235. The number of thiophene rings is 1. The molecule has 0 spiro atoms. The zero-order chi connectivity index (χ0) is 15.7. The Morgan fingerprint density at radius 1 is 1.27 bits per heavy atom. The molecule has 3 aromatic rings. The molecule has 3 rings (SSSR count). The Kier molecular flexibility index (Phi) is 3.90. The standard InChI is InChI=1S/C17H18N2O2S/c1-11-13(3)22-17(19-8-4-5-9-19)15(11)16(20)18-12(2)14-7-6-10-21-14/h4-10,12H,1-3H3,(H,18,20)/t12-/m0/s1. The van der Waals surface area contributed by atoms with Crippen LogP contribution in [-0.2, 0) is 0 Å². The quantitative estimate of drug-likeness (QED) is 0.783. The summed E-state index contributed by atoms with van der Waals surface area (Å²) in [5, 5.41) is 3.96. The van der Waals surface area contributed by atoms with Gasteiger partial charge in [0.2, 0.25) is 0 Å². The lowest BCUT2D eigenvalue weighted by Crippen LogP contribution is -2.27. The first-order chi connectivity index (χ1) is 10.6. The first-order valence-corrected chi connectivity index (χ1v) is 7.97. The van der Waals surface area contributed by atoms with Crippen LogP contribution >= 0.6 is 11.3 Å². The van der Waals surface area contributed by atoms with Crippen LogP contribution in [0, 0.1) is 13.8 Å². The number of nitrogens with zero attached hydrogens (tertiary/aromatic N) is 1. The van der Waals surface area contributed by atoms with Crippen molar-refractivity contribution in [1.29, 1.82) is 0 Å². The lowest BCUT2D eigenvalue weighted by Gasteiger charge is -2.13. The van der Waals surface area contributed by atoms with Crippen molar-refractivity contribution in [3.8, 4) is 5.00 Å². The third kappa shape index (κ3) is 2.60. The van der Waals surface area contributed by atoms with E-state index in [0.717, 1.165) is 26.8 Å². The maximum atomic E-state index is 12.7. The summed E-state index contributed by atoms with van der Waals surface area (Å²) in [4.78, 5) is 13.9. The Balaban J connectivity index is 1.92. The Bertz CT molecular complexity index is 770. The van der Waals surface area contributed by atoms with Crippen molar-refractivity contribution in [2.45, 2.75) is 26.8 Å². The molecule has 0 aliphatic rings. The van der Waals surface area contributed by atoms with Gasteiger partial charge in [0.15, 0.2) is 0 Å². The van der Waals surface area contributed by atoms with Gasteiger partial charge in [-0.1, -0.05) is 0 Å². The van der Waals surface area contributed by atoms with E-state index in [9.17, 15) is 4.79 Å². The van der Waals surface area contributed by atoms with Crippen LogP contribution in [0.4, 0.5) is 0 Å². The van der Waals surface area contributed by atoms with Gasteiger partial charge in [0, 0.05) is 17.3 Å². The zero-order valence-electron chi connectivity index (χ0n) is 12.8. The van der Waals surface area contributed by atoms with Crippen molar-refractivity contribution in [1.82, 2.24) is 9.88 Å². The van der Waals surface area contributed by atoms with Gasteiger partial charge in [0.25, 0.3) is 5.91 Å². The summed E-state index contributed by atoms with van der Waals surface area (Å²) in [5.41, 5.74) is 1.76. The largest absolute Gasteiger partial charge is 0.467 e. The third-order valence-corrected chi connectivity index (χ3v) is 4.97. The van der Waals surface area contributed by atoms with E-state index < -0.39 is 0 Å². The number of aryl methyl sites for hydroxylation is 1. The van der Waals surface area contributed by atoms with Crippen molar-refractivity contribution in [2.75, 3.05) is 0 Å². The molecule has 3 heterocycles. The summed E-state index contributed by atoms with van der Waals surface area (Å²) in [6.45, 7) is 5.95. The molecule has 1 atom stereocenters. The van der Waals surface area contributed by atoms with Gasteiger partial charge in [-0.3, -0.25) is 4.79 Å². The molecule has 0 radical (unpaired) electrons. The maximum absolute atomic E-state index is 12.7. The molecule has 0 saturated heterocycles.